The highest BCUT2D eigenvalue weighted by Crippen LogP contribution is 2.10. The highest BCUT2D eigenvalue weighted by atomic mass is 32.2. The second-order valence-corrected chi connectivity index (χ2v) is 5.35. The van der Waals surface area contributed by atoms with Gasteiger partial charge in [0.25, 0.3) is 0 Å². The summed E-state index contributed by atoms with van der Waals surface area (Å²) in [6.45, 7) is 1.51. The van der Waals surface area contributed by atoms with Gasteiger partial charge in [-0.1, -0.05) is 0 Å². The van der Waals surface area contributed by atoms with Crippen molar-refractivity contribution in [1.29, 1.82) is 5.41 Å². The number of rotatable bonds is 4. The van der Waals surface area contributed by atoms with Crippen LogP contribution >= 0.6 is 0 Å². The Hall–Kier alpha value is -0.620. The van der Waals surface area contributed by atoms with Crippen molar-refractivity contribution in [2.75, 3.05) is 18.8 Å². The van der Waals surface area contributed by atoms with Gasteiger partial charge in [0.15, 0.2) is 0 Å². The third-order valence-electron chi connectivity index (χ3n) is 2.33. The van der Waals surface area contributed by atoms with Gasteiger partial charge in [-0.25, -0.2) is 13.6 Å². The van der Waals surface area contributed by atoms with Crippen LogP contribution in [0.1, 0.15) is 25.7 Å². The minimum Gasteiger partial charge on any atom is -0.361 e. The lowest BCUT2D eigenvalue weighted by Gasteiger charge is -2.29. The summed E-state index contributed by atoms with van der Waals surface area (Å²) >= 11 is 0. The average molecular weight is 219 g/mol. The Morgan fingerprint density at radius 3 is 2.71 bits per heavy atom. The molecular formula is C8H17N3O2S. The summed E-state index contributed by atoms with van der Waals surface area (Å²) in [6.07, 6.45) is 3.50. The Balaban J connectivity index is 2.27. The maximum absolute atomic E-state index is 10.7. The van der Waals surface area contributed by atoms with E-state index < -0.39 is 10.0 Å². The van der Waals surface area contributed by atoms with E-state index in [1.54, 1.807) is 0 Å². The van der Waals surface area contributed by atoms with Crippen LogP contribution in [0.2, 0.25) is 0 Å². The Bertz CT molecular complexity index is 300. The lowest BCUT2D eigenvalue weighted by Crippen LogP contribution is -2.36. The van der Waals surface area contributed by atoms with Crippen molar-refractivity contribution in [3.05, 3.63) is 0 Å². The van der Waals surface area contributed by atoms with Gasteiger partial charge in [-0.05, 0) is 19.3 Å². The second-order valence-electron chi connectivity index (χ2n) is 3.61. The fraction of sp³-hybridized carbons (Fsp3) is 0.875. The molecule has 0 bridgehead atoms. The monoisotopic (exact) mass is 219 g/mol. The van der Waals surface area contributed by atoms with Crippen LogP contribution in [0, 0.1) is 5.41 Å². The van der Waals surface area contributed by atoms with Gasteiger partial charge in [0, 0.05) is 19.5 Å². The van der Waals surface area contributed by atoms with Gasteiger partial charge in [-0.3, -0.25) is 5.41 Å². The molecule has 0 aromatic rings. The van der Waals surface area contributed by atoms with Crippen LogP contribution in [-0.2, 0) is 10.0 Å². The molecule has 0 saturated carbocycles. The second kappa shape index (κ2) is 4.75. The number of sulfonamides is 1. The molecule has 0 unspecified atom stereocenters. The van der Waals surface area contributed by atoms with Crippen molar-refractivity contribution in [2.24, 2.45) is 5.14 Å². The van der Waals surface area contributed by atoms with E-state index in [2.05, 4.69) is 0 Å². The number of nitrogens with one attached hydrogen (secondary N) is 1. The largest absolute Gasteiger partial charge is 0.361 e. The zero-order chi connectivity index (χ0) is 10.6. The highest BCUT2D eigenvalue weighted by Gasteiger charge is 2.14. The number of hydrogen-bond acceptors (Lipinski definition) is 3. The molecule has 5 nitrogen and oxygen atoms in total. The lowest BCUT2D eigenvalue weighted by molar-refractivity contribution is 0.367. The van der Waals surface area contributed by atoms with Crippen LogP contribution < -0.4 is 5.14 Å². The Kier molecular flexibility index (Phi) is 3.88. The molecule has 1 saturated heterocycles. The summed E-state index contributed by atoms with van der Waals surface area (Å²) < 4.78 is 21.3. The number of nitrogens with two attached hydrogens (primary N) is 1. The predicted octanol–water partition coefficient (Wildman–Crippen LogP) is 0.128. The molecule has 0 atom stereocenters. The molecule has 6 heteroatoms. The molecule has 14 heavy (non-hydrogen) atoms. The normalized spacial score (nSPS) is 18.6. The van der Waals surface area contributed by atoms with Crippen LogP contribution in [0.4, 0.5) is 0 Å². The van der Waals surface area contributed by atoms with Crippen molar-refractivity contribution >= 4 is 15.9 Å². The van der Waals surface area contributed by atoms with Crippen LogP contribution in [0.3, 0.4) is 0 Å². The summed E-state index contributed by atoms with van der Waals surface area (Å²) in [5.74, 6) is 0.641. The van der Waals surface area contributed by atoms with Crippen molar-refractivity contribution in [2.45, 2.75) is 25.7 Å². The van der Waals surface area contributed by atoms with Crippen molar-refractivity contribution in [1.82, 2.24) is 4.90 Å². The number of nitrogens with zero attached hydrogens (tertiary/aromatic N) is 1. The Labute approximate surface area is 84.8 Å². The molecule has 0 aromatic heterocycles. The van der Waals surface area contributed by atoms with Crippen LogP contribution in [-0.4, -0.2) is 38.0 Å². The molecule has 1 aliphatic rings. The molecule has 0 amide bonds. The molecule has 0 aliphatic carbocycles. The summed E-state index contributed by atoms with van der Waals surface area (Å²) in [5.41, 5.74) is 0. The third-order valence-corrected chi connectivity index (χ3v) is 3.19. The first-order valence-electron chi connectivity index (χ1n) is 4.82. The quantitative estimate of drug-likeness (QED) is 0.704. The minimum absolute atomic E-state index is 0.0107. The topological polar surface area (TPSA) is 87.2 Å². The van der Waals surface area contributed by atoms with E-state index in [0.29, 0.717) is 18.8 Å². The van der Waals surface area contributed by atoms with Gasteiger partial charge in [0.1, 0.15) is 0 Å². The van der Waals surface area contributed by atoms with Gasteiger partial charge in [0.05, 0.1) is 11.6 Å². The zero-order valence-electron chi connectivity index (χ0n) is 8.20. The van der Waals surface area contributed by atoms with Gasteiger partial charge < -0.3 is 4.90 Å². The van der Waals surface area contributed by atoms with E-state index in [1.807, 2.05) is 4.90 Å². The van der Waals surface area contributed by atoms with Crippen LogP contribution in [0.25, 0.3) is 0 Å². The van der Waals surface area contributed by atoms with Crippen LogP contribution in [0.5, 0.6) is 0 Å². The van der Waals surface area contributed by atoms with Gasteiger partial charge >= 0.3 is 0 Å². The molecule has 0 radical (unpaired) electrons. The summed E-state index contributed by atoms with van der Waals surface area (Å²) in [6, 6.07) is 0. The maximum atomic E-state index is 10.7. The van der Waals surface area contributed by atoms with Crippen LogP contribution in [0.15, 0.2) is 0 Å². The molecule has 1 heterocycles. The van der Waals surface area contributed by atoms with Crippen molar-refractivity contribution in [3.8, 4) is 0 Å². The summed E-state index contributed by atoms with van der Waals surface area (Å²) in [5, 5.41) is 12.5. The standard InChI is InChI=1S/C8H17N3O2S/c9-8-4-1-2-5-11(8)6-3-7-14(10,12)13/h9H,1-7H2,(H2,10,12,13). The molecule has 3 N–H and O–H groups in total. The summed E-state index contributed by atoms with van der Waals surface area (Å²) in [7, 11) is -3.34. The van der Waals surface area contributed by atoms with E-state index in [4.69, 9.17) is 10.5 Å². The molecule has 1 aliphatic heterocycles. The van der Waals surface area contributed by atoms with E-state index >= 15 is 0 Å². The van der Waals surface area contributed by atoms with Crippen molar-refractivity contribution in [3.63, 3.8) is 0 Å². The smallest absolute Gasteiger partial charge is 0.209 e. The lowest BCUT2D eigenvalue weighted by atomic mass is 10.1. The number of primary sulfonamides is 1. The van der Waals surface area contributed by atoms with E-state index in [1.165, 1.54) is 0 Å². The van der Waals surface area contributed by atoms with Crippen molar-refractivity contribution < 1.29 is 8.42 Å². The van der Waals surface area contributed by atoms with Gasteiger partial charge in [0.2, 0.25) is 10.0 Å². The number of amidine groups is 1. The predicted molar refractivity (Wildman–Crippen MR) is 55.7 cm³/mol. The molecule has 1 rings (SSSR count). The number of piperidine rings is 1. The molecule has 0 aromatic carbocycles. The number of hydrogen-bond donors (Lipinski definition) is 2. The zero-order valence-corrected chi connectivity index (χ0v) is 9.02. The summed E-state index contributed by atoms with van der Waals surface area (Å²) in [4.78, 5) is 1.94. The minimum atomic E-state index is -3.34. The van der Waals surface area contributed by atoms with E-state index in [0.717, 1.165) is 25.8 Å². The maximum Gasteiger partial charge on any atom is 0.209 e. The van der Waals surface area contributed by atoms with E-state index in [9.17, 15) is 8.42 Å². The van der Waals surface area contributed by atoms with Gasteiger partial charge in [-0.2, -0.15) is 0 Å². The number of likely N-dealkylation sites (tertiary alicyclic amines) is 1. The third kappa shape index (κ3) is 4.06. The molecular weight excluding hydrogens is 202 g/mol. The first-order chi connectivity index (χ1) is 6.49. The SMILES string of the molecule is N=C1CCCCN1CCCS(N)(=O)=O. The first-order valence-corrected chi connectivity index (χ1v) is 6.53. The van der Waals surface area contributed by atoms with E-state index in [-0.39, 0.29) is 5.75 Å². The Morgan fingerprint density at radius 1 is 1.43 bits per heavy atom. The fourth-order valence-corrected chi connectivity index (χ4v) is 2.12. The molecule has 0 spiro atoms. The Morgan fingerprint density at radius 2 is 2.14 bits per heavy atom. The highest BCUT2D eigenvalue weighted by molar-refractivity contribution is 7.89. The molecule has 1 fully saturated rings. The average Bonchev–Trinajstić information content (AvgIpc) is 2.06. The fourth-order valence-electron chi connectivity index (χ4n) is 1.59. The molecule has 82 valence electrons. The van der Waals surface area contributed by atoms with Gasteiger partial charge in [-0.15, -0.1) is 0 Å². The first kappa shape index (κ1) is 11.5.